The Balaban J connectivity index is 1.40. The highest BCUT2D eigenvalue weighted by atomic mass is 32.2. The van der Waals surface area contributed by atoms with E-state index in [2.05, 4.69) is 19.7 Å². The van der Waals surface area contributed by atoms with Crippen molar-refractivity contribution in [3.05, 3.63) is 107 Å². The van der Waals surface area contributed by atoms with Gasteiger partial charge in [-0.1, -0.05) is 12.1 Å². The van der Waals surface area contributed by atoms with Crippen LogP contribution in [-0.2, 0) is 10.0 Å². The summed E-state index contributed by atoms with van der Waals surface area (Å²) in [5.74, 6) is -1.17. The molecule has 0 atom stereocenters. The van der Waals surface area contributed by atoms with Crippen molar-refractivity contribution >= 4 is 33.8 Å². The maximum absolute atomic E-state index is 13.7. The van der Waals surface area contributed by atoms with E-state index in [0.717, 1.165) is 0 Å². The molecule has 0 aliphatic heterocycles. The van der Waals surface area contributed by atoms with E-state index in [4.69, 9.17) is 4.74 Å². The Morgan fingerprint density at radius 3 is 2.22 bits per heavy atom. The van der Waals surface area contributed by atoms with Crippen molar-refractivity contribution in [1.29, 1.82) is 0 Å². The standard InChI is InChI=1S/C26H21FN4O4S/c1-17-15-18(2)30-26(29-17)31-36(33,34)22-13-9-20(10-14-22)28-16-19-7-11-21(12-8-19)35-25(32)23-5-3-4-6-24(23)27/h3-16H,1-2H3,(H,29,30,31). The van der Waals surface area contributed by atoms with E-state index in [1.807, 2.05) is 0 Å². The van der Waals surface area contributed by atoms with Crippen LogP contribution in [0.2, 0.25) is 0 Å². The average molecular weight is 505 g/mol. The zero-order valence-corrected chi connectivity index (χ0v) is 20.2. The molecule has 0 aliphatic rings. The summed E-state index contributed by atoms with van der Waals surface area (Å²) < 4.78 is 46.6. The Morgan fingerprint density at radius 1 is 0.944 bits per heavy atom. The van der Waals surface area contributed by atoms with Crippen molar-refractivity contribution in [3.8, 4) is 5.75 Å². The lowest BCUT2D eigenvalue weighted by Crippen LogP contribution is -2.15. The fourth-order valence-corrected chi connectivity index (χ4v) is 4.17. The number of sulfonamides is 1. The minimum absolute atomic E-state index is 0.0117. The van der Waals surface area contributed by atoms with Crippen molar-refractivity contribution in [2.45, 2.75) is 18.7 Å². The number of aromatic nitrogens is 2. The highest BCUT2D eigenvalue weighted by Crippen LogP contribution is 2.20. The first-order valence-corrected chi connectivity index (χ1v) is 12.2. The SMILES string of the molecule is Cc1cc(C)nc(NS(=O)(=O)c2ccc(N=Cc3ccc(OC(=O)c4ccccc4F)cc3)cc2)n1. The normalized spacial score (nSPS) is 11.4. The number of ether oxygens (including phenoxy) is 1. The van der Waals surface area contributed by atoms with Crippen molar-refractivity contribution in [2.75, 3.05) is 4.72 Å². The minimum Gasteiger partial charge on any atom is -0.423 e. The largest absolute Gasteiger partial charge is 0.423 e. The Hall–Kier alpha value is -4.44. The summed E-state index contributed by atoms with van der Waals surface area (Å²) in [4.78, 5) is 24.7. The molecule has 0 saturated carbocycles. The number of hydrogen-bond donors (Lipinski definition) is 1. The fraction of sp³-hybridized carbons (Fsp3) is 0.0769. The number of hydrogen-bond acceptors (Lipinski definition) is 7. The van der Waals surface area contributed by atoms with Crippen molar-refractivity contribution < 1.29 is 22.3 Å². The molecule has 0 aliphatic carbocycles. The van der Waals surface area contributed by atoms with Gasteiger partial charge in [0, 0.05) is 17.6 Å². The van der Waals surface area contributed by atoms with Gasteiger partial charge in [0.25, 0.3) is 10.0 Å². The number of halogens is 1. The second kappa shape index (κ2) is 10.4. The highest BCUT2D eigenvalue weighted by molar-refractivity contribution is 7.92. The maximum Gasteiger partial charge on any atom is 0.346 e. The molecule has 0 spiro atoms. The summed E-state index contributed by atoms with van der Waals surface area (Å²) in [6.45, 7) is 3.51. The van der Waals surface area contributed by atoms with Gasteiger partial charge in [0.2, 0.25) is 5.95 Å². The van der Waals surface area contributed by atoms with Gasteiger partial charge in [-0.15, -0.1) is 0 Å². The van der Waals surface area contributed by atoms with Gasteiger partial charge in [0.1, 0.15) is 11.6 Å². The van der Waals surface area contributed by atoms with Crippen molar-refractivity contribution in [3.63, 3.8) is 0 Å². The zero-order chi connectivity index (χ0) is 25.7. The third kappa shape index (κ3) is 6.16. The van der Waals surface area contributed by atoms with Gasteiger partial charge in [-0.25, -0.2) is 32.3 Å². The molecule has 1 heterocycles. The first kappa shape index (κ1) is 24.7. The number of nitrogens with zero attached hydrogens (tertiary/aromatic N) is 3. The Morgan fingerprint density at radius 2 is 1.58 bits per heavy atom. The number of aryl methyl sites for hydroxylation is 2. The molecule has 1 aromatic heterocycles. The molecule has 0 radical (unpaired) electrons. The molecule has 0 fully saturated rings. The third-order valence-electron chi connectivity index (χ3n) is 4.90. The van der Waals surface area contributed by atoms with E-state index in [9.17, 15) is 17.6 Å². The highest BCUT2D eigenvalue weighted by Gasteiger charge is 2.16. The molecule has 36 heavy (non-hydrogen) atoms. The molecule has 8 nitrogen and oxygen atoms in total. The lowest BCUT2D eigenvalue weighted by molar-refractivity contribution is 0.0730. The zero-order valence-electron chi connectivity index (χ0n) is 19.3. The third-order valence-corrected chi connectivity index (χ3v) is 6.25. The van der Waals surface area contributed by atoms with Crippen LogP contribution in [0, 0.1) is 19.7 Å². The molecule has 0 saturated heterocycles. The van der Waals surface area contributed by atoms with Gasteiger partial charge >= 0.3 is 5.97 Å². The van der Waals surface area contributed by atoms with Gasteiger partial charge in [-0.3, -0.25) is 4.99 Å². The molecule has 0 bridgehead atoms. The number of carbonyl (C=O) groups is 1. The van der Waals surface area contributed by atoms with E-state index in [1.165, 1.54) is 30.3 Å². The van der Waals surface area contributed by atoms with Crippen LogP contribution < -0.4 is 9.46 Å². The van der Waals surface area contributed by atoms with Crippen molar-refractivity contribution in [1.82, 2.24) is 9.97 Å². The molecule has 4 aromatic rings. The molecule has 0 unspecified atom stereocenters. The number of esters is 1. The first-order valence-electron chi connectivity index (χ1n) is 10.8. The average Bonchev–Trinajstić information content (AvgIpc) is 2.83. The second-order valence-electron chi connectivity index (χ2n) is 7.77. The summed E-state index contributed by atoms with van der Waals surface area (Å²) >= 11 is 0. The number of rotatable bonds is 7. The number of anilines is 1. The summed E-state index contributed by atoms with van der Waals surface area (Å²) in [6, 6.07) is 19.8. The monoisotopic (exact) mass is 504 g/mol. The number of nitrogens with one attached hydrogen (secondary N) is 1. The molecular weight excluding hydrogens is 483 g/mol. The Labute approximate surface area is 207 Å². The van der Waals surface area contributed by atoms with Crippen LogP contribution in [0.15, 0.2) is 88.8 Å². The minimum atomic E-state index is -3.86. The number of benzene rings is 3. The Kier molecular flexibility index (Phi) is 7.16. The lowest BCUT2D eigenvalue weighted by Gasteiger charge is -2.08. The van der Waals surface area contributed by atoms with Gasteiger partial charge in [-0.2, -0.15) is 0 Å². The molecule has 4 rings (SSSR count). The van der Waals surface area contributed by atoms with E-state index < -0.39 is 21.8 Å². The van der Waals surface area contributed by atoms with Crippen LogP contribution >= 0.6 is 0 Å². The topological polar surface area (TPSA) is 111 Å². The Bertz CT molecular complexity index is 1520. The van der Waals surface area contributed by atoms with Crippen molar-refractivity contribution in [2.24, 2.45) is 4.99 Å². The van der Waals surface area contributed by atoms with Gasteiger partial charge < -0.3 is 4.74 Å². The van der Waals surface area contributed by atoms with E-state index in [0.29, 0.717) is 22.6 Å². The predicted molar refractivity (Wildman–Crippen MR) is 134 cm³/mol. The van der Waals surface area contributed by atoms with Crippen LogP contribution in [0.1, 0.15) is 27.3 Å². The molecule has 3 aromatic carbocycles. The predicted octanol–water partition coefficient (Wildman–Crippen LogP) is 5.00. The van der Waals surface area contributed by atoms with Crippen LogP contribution in [0.4, 0.5) is 16.0 Å². The maximum atomic E-state index is 13.7. The summed E-state index contributed by atoms with van der Waals surface area (Å²) in [5, 5.41) is 0. The fourth-order valence-electron chi connectivity index (χ4n) is 3.22. The summed E-state index contributed by atoms with van der Waals surface area (Å²) in [5.41, 5.74) is 2.41. The molecule has 182 valence electrons. The lowest BCUT2D eigenvalue weighted by atomic mass is 10.2. The molecule has 1 N–H and O–H groups in total. The summed E-state index contributed by atoms with van der Waals surface area (Å²) in [6.07, 6.45) is 1.58. The van der Waals surface area contributed by atoms with Crippen LogP contribution in [-0.4, -0.2) is 30.6 Å². The molecular formula is C26H21FN4O4S. The molecule has 10 heteroatoms. The van der Waals surface area contributed by atoms with Crippen LogP contribution in [0.25, 0.3) is 0 Å². The first-order chi connectivity index (χ1) is 17.2. The quantitative estimate of drug-likeness (QED) is 0.215. The smallest absolute Gasteiger partial charge is 0.346 e. The van der Waals surface area contributed by atoms with Gasteiger partial charge in [0.15, 0.2) is 0 Å². The second-order valence-corrected chi connectivity index (χ2v) is 9.45. The molecule has 0 amide bonds. The van der Waals surface area contributed by atoms with E-state index >= 15 is 0 Å². The summed E-state index contributed by atoms with van der Waals surface area (Å²) in [7, 11) is -3.86. The van der Waals surface area contributed by atoms with E-state index in [-0.39, 0.29) is 22.2 Å². The van der Waals surface area contributed by atoms with Gasteiger partial charge in [-0.05, 0) is 86.1 Å². The van der Waals surface area contributed by atoms with E-state index in [1.54, 1.807) is 68.6 Å². The number of carbonyl (C=O) groups excluding carboxylic acids is 1. The van der Waals surface area contributed by atoms with Gasteiger partial charge in [0.05, 0.1) is 16.1 Å². The number of aliphatic imine (C=N–C) groups is 1. The van der Waals surface area contributed by atoms with Crippen LogP contribution in [0.5, 0.6) is 5.75 Å². The van der Waals surface area contributed by atoms with Crippen LogP contribution in [0.3, 0.4) is 0 Å².